The minimum absolute atomic E-state index is 0.198. The fourth-order valence-electron chi connectivity index (χ4n) is 4.25. The van der Waals surface area contributed by atoms with E-state index < -0.39 is 0 Å². The van der Waals surface area contributed by atoms with Gasteiger partial charge in [0.2, 0.25) is 0 Å². The summed E-state index contributed by atoms with van der Waals surface area (Å²) in [6.45, 7) is 8.36. The fourth-order valence-corrected chi connectivity index (χ4v) is 4.25. The van der Waals surface area contributed by atoms with Crippen LogP contribution in [0.15, 0.2) is 47.6 Å². The lowest BCUT2D eigenvalue weighted by Crippen LogP contribution is -2.46. The number of rotatable bonds is 4. The van der Waals surface area contributed by atoms with Gasteiger partial charge < -0.3 is 20.4 Å². The molecule has 1 unspecified atom stereocenters. The number of aliphatic imine (C=N–C) groups is 1. The second-order valence-electron chi connectivity index (χ2n) is 8.34. The van der Waals surface area contributed by atoms with Gasteiger partial charge in [-0.15, -0.1) is 0 Å². The van der Waals surface area contributed by atoms with Crippen molar-refractivity contribution in [3.8, 4) is 0 Å². The van der Waals surface area contributed by atoms with Crippen molar-refractivity contribution >= 4 is 17.5 Å². The van der Waals surface area contributed by atoms with Gasteiger partial charge in [0.15, 0.2) is 5.96 Å². The van der Waals surface area contributed by atoms with E-state index in [0.29, 0.717) is 18.4 Å². The van der Waals surface area contributed by atoms with Gasteiger partial charge in [-0.3, -0.25) is 0 Å². The van der Waals surface area contributed by atoms with Crippen molar-refractivity contribution in [2.24, 2.45) is 16.6 Å². The average Bonchev–Trinajstić information content (AvgIpc) is 2.78. The highest BCUT2D eigenvalue weighted by Gasteiger charge is 2.19. The van der Waals surface area contributed by atoms with Gasteiger partial charge in [-0.1, -0.05) is 6.92 Å². The Balaban J connectivity index is 1.34. The van der Waals surface area contributed by atoms with E-state index in [-0.39, 0.29) is 5.82 Å². The Kier molecular flexibility index (Phi) is 6.35. The molecule has 1 aromatic carbocycles. The summed E-state index contributed by atoms with van der Waals surface area (Å²) in [6.07, 6.45) is 4.30. The van der Waals surface area contributed by atoms with Crippen LogP contribution in [0.4, 0.5) is 15.9 Å². The van der Waals surface area contributed by atoms with Crippen LogP contribution >= 0.6 is 0 Å². The maximum Gasteiger partial charge on any atom is 0.191 e. The van der Waals surface area contributed by atoms with Crippen molar-refractivity contribution in [3.05, 3.63) is 54.0 Å². The highest BCUT2D eigenvalue weighted by molar-refractivity contribution is 5.78. The zero-order valence-corrected chi connectivity index (χ0v) is 17.7. The third-order valence-electron chi connectivity index (χ3n) is 6.01. The zero-order valence-electron chi connectivity index (χ0n) is 17.7. The molecular weight excluding hydrogens is 379 g/mol. The van der Waals surface area contributed by atoms with E-state index in [1.807, 2.05) is 24.4 Å². The summed E-state index contributed by atoms with van der Waals surface area (Å²) in [5, 5.41) is 0. The molecule has 6 nitrogen and oxygen atoms in total. The molecule has 2 aromatic rings. The van der Waals surface area contributed by atoms with Crippen molar-refractivity contribution < 1.29 is 4.39 Å². The van der Waals surface area contributed by atoms with Crippen LogP contribution in [0.5, 0.6) is 0 Å². The SMILES string of the molecule is CC1CCCN(C(N)=NCc2ccnc(N3CCN(c4ccc(F)cc4)CC3)c2)C1. The summed E-state index contributed by atoms with van der Waals surface area (Å²) in [7, 11) is 0. The van der Waals surface area contributed by atoms with Gasteiger partial charge in [0, 0.05) is 51.2 Å². The first-order valence-corrected chi connectivity index (χ1v) is 10.8. The molecule has 2 N–H and O–H groups in total. The van der Waals surface area contributed by atoms with Crippen LogP contribution < -0.4 is 15.5 Å². The molecule has 2 aliphatic heterocycles. The number of halogens is 1. The van der Waals surface area contributed by atoms with E-state index in [1.54, 1.807) is 0 Å². The molecule has 2 fully saturated rings. The van der Waals surface area contributed by atoms with E-state index in [9.17, 15) is 4.39 Å². The second-order valence-corrected chi connectivity index (χ2v) is 8.34. The van der Waals surface area contributed by atoms with Crippen LogP contribution in [-0.4, -0.2) is 55.1 Å². The van der Waals surface area contributed by atoms with Crippen LogP contribution in [0.2, 0.25) is 0 Å². The van der Waals surface area contributed by atoms with Gasteiger partial charge in [-0.05, 0) is 60.7 Å². The Labute approximate surface area is 178 Å². The first-order valence-electron chi connectivity index (χ1n) is 10.8. The maximum absolute atomic E-state index is 13.2. The van der Waals surface area contributed by atoms with Crippen LogP contribution in [-0.2, 0) is 6.54 Å². The van der Waals surface area contributed by atoms with Crippen molar-refractivity contribution in [1.29, 1.82) is 0 Å². The number of anilines is 2. The number of guanidine groups is 1. The van der Waals surface area contributed by atoms with E-state index in [0.717, 1.165) is 56.3 Å². The number of benzene rings is 1. The molecule has 0 saturated carbocycles. The van der Waals surface area contributed by atoms with E-state index in [1.165, 1.54) is 25.0 Å². The van der Waals surface area contributed by atoms with Gasteiger partial charge in [-0.2, -0.15) is 0 Å². The van der Waals surface area contributed by atoms with Gasteiger partial charge in [0.1, 0.15) is 11.6 Å². The number of aromatic nitrogens is 1. The Hall–Kier alpha value is -2.83. The third kappa shape index (κ3) is 5.01. The quantitative estimate of drug-likeness (QED) is 0.620. The predicted octanol–water partition coefficient (Wildman–Crippen LogP) is 3.09. The maximum atomic E-state index is 13.2. The monoisotopic (exact) mass is 410 g/mol. The van der Waals surface area contributed by atoms with Gasteiger partial charge in [0.05, 0.1) is 6.54 Å². The summed E-state index contributed by atoms with van der Waals surface area (Å²) in [5.41, 5.74) is 8.42. The molecule has 2 aliphatic rings. The lowest BCUT2D eigenvalue weighted by molar-refractivity contribution is 0.270. The molecule has 30 heavy (non-hydrogen) atoms. The summed E-state index contributed by atoms with van der Waals surface area (Å²) < 4.78 is 13.2. The normalized spacial score (nSPS) is 20.5. The zero-order chi connectivity index (χ0) is 20.9. The lowest BCUT2D eigenvalue weighted by atomic mass is 10.0. The number of piperidine rings is 1. The minimum atomic E-state index is -0.198. The number of nitrogens with two attached hydrogens (primary N) is 1. The lowest BCUT2D eigenvalue weighted by Gasteiger charge is -2.36. The molecule has 0 aliphatic carbocycles. The standard InChI is InChI=1S/C23H31FN6/c1-18-3-2-10-30(17-18)23(25)27-16-19-8-9-26-22(15-19)29-13-11-28(12-14-29)21-6-4-20(24)5-7-21/h4-9,15,18H,2-3,10-14,16-17H2,1H3,(H2,25,27). The number of nitrogens with zero attached hydrogens (tertiary/aromatic N) is 5. The molecular formula is C23H31FN6. The van der Waals surface area contributed by atoms with Gasteiger partial charge in [0.25, 0.3) is 0 Å². The summed E-state index contributed by atoms with van der Waals surface area (Å²) in [5.74, 6) is 2.10. The predicted molar refractivity (Wildman–Crippen MR) is 120 cm³/mol. The molecule has 0 amide bonds. The Morgan fingerprint density at radius 2 is 1.83 bits per heavy atom. The van der Waals surface area contributed by atoms with E-state index >= 15 is 0 Å². The summed E-state index contributed by atoms with van der Waals surface area (Å²) in [6, 6.07) is 10.8. The molecule has 3 heterocycles. The Morgan fingerprint density at radius 1 is 1.10 bits per heavy atom. The Bertz CT molecular complexity index is 860. The topological polar surface area (TPSA) is 61.0 Å². The minimum Gasteiger partial charge on any atom is -0.370 e. The van der Waals surface area contributed by atoms with Gasteiger partial charge in [-0.25, -0.2) is 14.4 Å². The number of piperazine rings is 1. The molecule has 0 bridgehead atoms. The second kappa shape index (κ2) is 9.32. The molecule has 0 radical (unpaired) electrons. The highest BCUT2D eigenvalue weighted by Crippen LogP contribution is 2.21. The highest BCUT2D eigenvalue weighted by atomic mass is 19.1. The fraction of sp³-hybridized carbons (Fsp3) is 0.478. The van der Waals surface area contributed by atoms with E-state index in [4.69, 9.17) is 5.73 Å². The summed E-state index contributed by atoms with van der Waals surface area (Å²) in [4.78, 5) is 16.0. The number of hydrogen-bond acceptors (Lipinski definition) is 4. The number of likely N-dealkylation sites (tertiary alicyclic amines) is 1. The van der Waals surface area contributed by atoms with Crippen molar-refractivity contribution in [2.45, 2.75) is 26.3 Å². The van der Waals surface area contributed by atoms with Crippen LogP contribution in [0, 0.1) is 11.7 Å². The average molecular weight is 411 g/mol. The molecule has 0 spiro atoms. The largest absolute Gasteiger partial charge is 0.370 e. The first-order chi connectivity index (χ1) is 14.6. The smallest absolute Gasteiger partial charge is 0.191 e. The third-order valence-corrected chi connectivity index (χ3v) is 6.01. The summed E-state index contributed by atoms with van der Waals surface area (Å²) >= 11 is 0. The number of hydrogen-bond donors (Lipinski definition) is 1. The molecule has 4 rings (SSSR count). The molecule has 1 aromatic heterocycles. The Morgan fingerprint density at radius 3 is 2.57 bits per heavy atom. The number of pyridine rings is 1. The molecule has 7 heteroatoms. The first kappa shape index (κ1) is 20.4. The molecule has 1 atom stereocenters. The van der Waals surface area contributed by atoms with E-state index in [2.05, 4.69) is 37.7 Å². The van der Waals surface area contributed by atoms with Crippen LogP contribution in [0.25, 0.3) is 0 Å². The van der Waals surface area contributed by atoms with Crippen molar-refractivity contribution in [1.82, 2.24) is 9.88 Å². The van der Waals surface area contributed by atoms with Crippen LogP contribution in [0.3, 0.4) is 0 Å². The van der Waals surface area contributed by atoms with Crippen molar-refractivity contribution in [2.75, 3.05) is 49.1 Å². The molecule has 160 valence electrons. The van der Waals surface area contributed by atoms with Crippen molar-refractivity contribution in [3.63, 3.8) is 0 Å². The molecule has 2 saturated heterocycles. The van der Waals surface area contributed by atoms with Gasteiger partial charge >= 0.3 is 0 Å². The van der Waals surface area contributed by atoms with Crippen LogP contribution in [0.1, 0.15) is 25.3 Å².